The molecular formula is C17H24FNO6S. The minimum atomic E-state index is -1.71. The normalized spacial score (nSPS) is 42.0. The van der Waals surface area contributed by atoms with Crippen molar-refractivity contribution < 1.29 is 33.4 Å². The number of rotatable bonds is 5. The molecule has 3 aliphatic rings. The molecule has 0 radical (unpaired) electrons. The third kappa shape index (κ3) is 2.98. The maximum atomic E-state index is 15.4. The van der Waals surface area contributed by atoms with Crippen LogP contribution in [0.1, 0.15) is 33.1 Å². The van der Waals surface area contributed by atoms with Crippen molar-refractivity contribution in [3.63, 3.8) is 0 Å². The van der Waals surface area contributed by atoms with E-state index in [1.807, 2.05) is 0 Å². The van der Waals surface area contributed by atoms with Gasteiger partial charge >= 0.3 is 11.9 Å². The fraction of sp³-hybridized carbons (Fsp3) is 0.824. The second-order valence-corrected chi connectivity index (χ2v) is 8.75. The summed E-state index contributed by atoms with van der Waals surface area (Å²) >= 11 is 1.06. The zero-order valence-corrected chi connectivity index (χ0v) is 15.8. The fourth-order valence-corrected chi connectivity index (χ4v) is 6.28. The number of hydrogen-bond donors (Lipinski definition) is 2. The summed E-state index contributed by atoms with van der Waals surface area (Å²) in [6, 6.07) is -0.956. The predicted molar refractivity (Wildman–Crippen MR) is 91.0 cm³/mol. The van der Waals surface area contributed by atoms with Crippen LogP contribution < -0.4 is 5.32 Å². The molecule has 7 atom stereocenters. The van der Waals surface area contributed by atoms with Gasteiger partial charge in [0.25, 0.3) is 0 Å². The summed E-state index contributed by atoms with van der Waals surface area (Å²) in [7, 11) is 1.20. The molecule has 1 amide bonds. The fourth-order valence-electron chi connectivity index (χ4n) is 4.69. The summed E-state index contributed by atoms with van der Waals surface area (Å²) in [4.78, 5) is 35.6. The molecule has 3 rings (SSSR count). The standard InChI is InChI=1S/C17H24FNO6S/c1-8(20)19-10(14(21)24-3)7-26-13-12-15(22)25-11-5-4-9(17(11,12)23)6-16(13,2)18/h9-13,23H,4-7H2,1-3H3,(H,19,20)/t9-,10+,11-,12?,13+,16+,17-/m1/s1. The summed E-state index contributed by atoms with van der Waals surface area (Å²) in [6.07, 6.45) is 0.704. The first kappa shape index (κ1) is 19.4. The van der Waals surface area contributed by atoms with Crippen molar-refractivity contribution in [3.05, 3.63) is 0 Å². The van der Waals surface area contributed by atoms with Gasteiger partial charge in [-0.25, -0.2) is 9.18 Å². The molecule has 2 saturated carbocycles. The number of thioether (sulfide) groups is 1. The van der Waals surface area contributed by atoms with Gasteiger partial charge in [-0.15, -0.1) is 0 Å². The molecule has 1 heterocycles. The quantitative estimate of drug-likeness (QED) is 0.663. The Morgan fingerprint density at radius 3 is 2.81 bits per heavy atom. The van der Waals surface area contributed by atoms with Crippen LogP contribution in [0.2, 0.25) is 0 Å². The Morgan fingerprint density at radius 2 is 2.19 bits per heavy atom. The van der Waals surface area contributed by atoms with E-state index in [-0.39, 0.29) is 18.1 Å². The Bertz CT molecular complexity index is 628. The van der Waals surface area contributed by atoms with E-state index in [9.17, 15) is 19.5 Å². The Labute approximate surface area is 155 Å². The smallest absolute Gasteiger partial charge is 0.329 e. The number of aliphatic hydroxyl groups is 1. The number of nitrogens with one attached hydrogen (secondary N) is 1. The molecule has 1 aliphatic heterocycles. The third-order valence-corrected chi connectivity index (χ3v) is 7.45. The molecule has 9 heteroatoms. The van der Waals surface area contributed by atoms with Gasteiger partial charge in [-0.3, -0.25) is 9.59 Å². The van der Waals surface area contributed by atoms with E-state index >= 15 is 4.39 Å². The molecule has 7 nitrogen and oxygen atoms in total. The van der Waals surface area contributed by atoms with Crippen molar-refractivity contribution in [2.24, 2.45) is 11.8 Å². The lowest BCUT2D eigenvalue weighted by molar-refractivity contribution is -0.146. The number of halogens is 1. The van der Waals surface area contributed by atoms with E-state index in [1.165, 1.54) is 21.0 Å². The highest BCUT2D eigenvalue weighted by atomic mass is 32.2. The van der Waals surface area contributed by atoms with Crippen LogP contribution in [0.15, 0.2) is 0 Å². The van der Waals surface area contributed by atoms with Crippen LogP contribution in [-0.4, -0.2) is 64.5 Å². The summed E-state index contributed by atoms with van der Waals surface area (Å²) in [5.74, 6) is -2.91. The summed E-state index contributed by atoms with van der Waals surface area (Å²) in [5.41, 5.74) is -3.06. The molecular weight excluding hydrogens is 365 g/mol. The molecule has 26 heavy (non-hydrogen) atoms. The molecule has 0 spiro atoms. The van der Waals surface area contributed by atoms with Crippen molar-refractivity contribution in [1.82, 2.24) is 5.32 Å². The highest BCUT2D eigenvalue weighted by molar-refractivity contribution is 8.00. The highest BCUT2D eigenvalue weighted by Gasteiger charge is 2.71. The van der Waals surface area contributed by atoms with E-state index in [0.29, 0.717) is 12.8 Å². The van der Waals surface area contributed by atoms with E-state index in [4.69, 9.17) is 4.74 Å². The minimum absolute atomic E-state index is 0.0334. The first-order chi connectivity index (χ1) is 12.1. The van der Waals surface area contributed by atoms with Gasteiger partial charge in [-0.1, -0.05) is 0 Å². The average molecular weight is 389 g/mol. The van der Waals surface area contributed by atoms with Gasteiger partial charge in [-0.2, -0.15) is 11.8 Å². The number of amides is 1. The van der Waals surface area contributed by atoms with Crippen molar-refractivity contribution in [1.29, 1.82) is 0 Å². The van der Waals surface area contributed by atoms with Gasteiger partial charge in [0.05, 0.1) is 12.4 Å². The van der Waals surface area contributed by atoms with E-state index in [2.05, 4.69) is 10.1 Å². The van der Waals surface area contributed by atoms with Crippen LogP contribution >= 0.6 is 11.8 Å². The number of ether oxygens (including phenoxy) is 2. The van der Waals surface area contributed by atoms with E-state index in [0.717, 1.165) is 11.8 Å². The molecule has 0 aromatic heterocycles. The summed E-state index contributed by atoms with van der Waals surface area (Å²) < 4.78 is 25.4. The van der Waals surface area contributed by atoms with Crippen molar-refractivity contribution in [3.8, 4) is 0 Å². The van der Waals surface area contributed by atoms with Gasteiger partial charge in [0, 0.05) is 12.7 Å². The number of hydrogen-bond acceptors (Lipinski definition) is 7. The van der Waals surface area contributed by atoms with E-state index in [1.54, 1.807) is 0 Å². The van der Waals surface area contributed by atoms with Gasteiger partial charge < -0.3 is 19.9 Å². The predicted octanol–water partition coefficient (Wildman–Crippen LogP) is 0.580. The zero-order valence-electron chi connectivity index (χ0n) is 15.0. The third-order valence-electron chi connectivity index (χ3n) is 5.80. The van der Waals surface area contributed by atoms with Crippen molar-refractivity contribution in [2.75, 3.05) is 12.9 Å². The van der Waals surface area contributed by atoms with Crippen LogP contribution in [0.25, 0.3) is 0 Å². The number of carbonyl (C=O) groups excluding carboxylic acids is 3. The number of methoxy groups -OCH3 is 1. The second kappa shape index (κ2) is 6.67. The molecule has 1 unspecified atom stereocenters. The minimum Gasteiger partial charge on any atom is -0.467 e. The van der Waals surface area contributed by atoms with Gasteiger partial charge in [-0.05, 0) is 32.1 Å². The Kier molecular flexibility index (Phi) is 4.98. The Morgan fingerprint density at radius 1 is 1.50 bits per heavy atom. The lowest BCUT2D eigenvalue weighted by atomic mass is 9.65. The van der Waals surface area contributed by atoms with Gasteiger partial charge in [0.2, 0.25) is 5.91 Å². The largest absolute Gasteiger partial charge is 0.467 e. The SMILES string of the molecule is COC(=O)[C@H](CS[C@H]1C2C(=O)O[C@@H]3CC[C@H](C[C@]1(C)F)[C@]23O)NC(C)=O. The van der Waals surface area contributed by atoms with E-state index < -0.39 is 52.4 Å². The Hall–Kier alpha value is -1.35. The van der Waals surface area contributed by atoms with Crippen molar-refractivity contribution in [2.45, 2.75) is 61.8 Å². The summed E-state index contributed by atoms with van der Waals surface area (Å²) in [5, 5.41) is 12.8. The monoisotopic (exact) mass is 389 g/mol. The van der Waals surface area contributed by atoms with Crippen LogP contribution in [0.3, 0.4) is 0 Å². The van der Waals surface area contributed by atoms with Crippen molar-refractivity contribution >= 4 is 29.6 Å². The zero-order chi connectivity index (χ0) is 19.3. The maximum absolute atomic E-state index is 15.4. The van der Waals surface area contributed by atoms with Crippen LogP contribution in [0, 0.1) is 11.8 Å². The first-order valence-electron chi connectivity index (χ1n) is 8.69. The second-order valence-electron chi connectivity index (χ2n) is 7.58. The maximum Gasteiger partial charge on any atom is 0.329 e. The molecule has 2 N–H and O–H groups in total. The molecule has 1 saturated heterocycles. The lowest BCUT2D eigenvalue weighted by Gasteiger charge is -2.47. The highest BCUT2D eigenvalue weighted by Crippen LogP contribution is 2.60. The Balaban J connectivity index is 1.82. The molecule has 0 bridgehead atoms. The van der Waals surface area contributed by atoms with Crippen LogP contribution in [0.4, 0.5) is 4.39 Å². The summed E-state index contributed by atoms with van der Waals surface area (Å²) in [6.45, 7) is 2.69. The molecule has 3 fully saturated rings. The molecule has 0 aromatic carbocycles. The topological polar surface area (TPSA) is 102 Å². The molecule has 146 valence electrons. The number of esters is 2. The van der Waals surface area contributed by atoms with Gasteiger partial charge in [0.1, 0.15) is 29.3 Å². The number of carbonyl (C=O) groups is 3. The van der Waals surface area contributed by atoms with Gasteiger partial charge in [0.15, 0.2) is 0 Å². The lowest BCUT2D eigenvalue weighted by Crippen LogP contribution is -2.61. The van der Waals surface area contributed by atoms with Crippen LogP contribution in [0.5, 0.6) is 0 Å². The number of alkyl halides is 1. The molecule has 2 aliphatic carbocycles. The molecule has 0 aromatic rings. The van der Waals surface area contributed by atoms with Crippen LogP contribution in [-0.2, 0) is 23.9 Å². The average Bonchev–Trinajstić information content (AvgIpc) is 2.98. The first-order valence-corrected chi connectivity index (χ1v) is 9.74.